The maximum absolute atomic E-state index is 13.8. The molecule has 0 aliphatic carbocycles. The first kappa shape index (κ1) is 30.1. The van der Waals surface area contributed by atoms with Crippen molar-refractivity contribution in [1.82, 2.24) is 10.2 Å². The van der Waals surface area contributed by atoms with Crippen LogP contribution in [0.15, 0.2) is 42.5 Å². The zero-order chi connectivity index (χ0) is 28.6. The third-order valence-corrected chi connectivity index (χ3v) is 5.88. The fourth-order valence-electron chi connectivity index (χ4n) is 3.92. The molecule has 10 nitrogen and oxygen atoms in total. The van der Waals surface area contributed by atoms with Gasteiger partial charge in [-0.2, -0.15) is 0 Å². The molecule has 10 heteroatoms. The molecule has 0 saturated carbocycles. The summed E-state index contributed by atoms with van der Waals surface area (Å²) < 4.78 is 10.5. The van der Waals surface area contributed by atoms with Crippen LogP contribution in [-0.4, -0.2) is 54.0 Å². The van der Waals surface area contributed by atoms with Crippen molar-refractivity contribution < 1.29 is 28.7 Å². The average Bonchev–Trinajstić information content (AvgIpc) is 2.82. The lowest BCUT2D eigenvalue weighted by Gasteiger charge is -2.34. The van der Waals surface area contributed by atoms with Gasteiger partial charge in [0.05, 0.1) is 13.5 Å². The number of nitrogens with zero attached hydrogens (tertiary/aromatic N) is 1. The number of nitrogens with one attached hydrogen (secondary N) is 2. The van der Waals surface area contributed by atoms with Crippen molar-refractivity contribution in [1.29, 1.82) is 0 Å². The number of alkyl carbamates (subject to hydrolysis) is 1. The maximum atomic E-state index is 13.8. The Bertz CT molecular complexity index is 1160. The summed E-state index contributed by atoms with van der Waals surface area (Å²) in [6.45, 7) is 10.6. The molecular weight excluding hydrogens is 488 g/mol. The Balaban J connectivity index is 2.50. The van der Waals surface area contributed by atoms with Gasteiger partial charge in [0.25, 0.3) is 5.91 Å². The number of primary amides is 1. The molecular formula is C28H38N4O6. The summed E-state index contributed by atoms with van der Waals surface area (Å²) in [6.07, 6.45) is -1.34. The van der Waals surface area contributed by atoms with Crippen LogP contribution in [-0.2, 0) is 19.1 Å². The van der Waals surface area contributed by atoms with Crippen molar-refractivity contribution >= 4 is 29.5 Å². The van der Waals surface area contributed by atoms with Crippen LogP contribution in [0.5, 0.6) is 5.75 Å². The normalized spacial score (nSPS) is 12.6. The molecule has 0 radical (unpaired) electrons. The molecule has 2 aromatic carbocycles. The van der Waals surface area contributed by atoms with Crippen LogP contribution in [0.4, 0.5) is 10.5 Å². The smallest absolute Gasteiger partial charge is 0.408 e. The summed E-state index contributed by atoms with van der Waals surface area (Å²) in [4.78, 5) is 53.2. The number of hydrogen-bond donors (Lipinski definition) is 3. The summed E-state index contributed by atoms with van der Waals surface area (Å²) in [6, 6.07) is 9.90. The SMILES string of the molecule is CCN(C(=O)C(CC(N)=O)NC(=O)OC(C)(C)C)C(C(=O)Nc1ccc(OC)cc1)c1cccc(C)c1C. The Labute approximate surface area is 223 Å². The molecule has 2 atom stereocenters. The van der Waals surface area contributed by atoms with E-state index in [4.69, 9.17) is 15.2 Å². The first-order chi connectivity index (χ1) is 17.8. The molecule has 38 heavy (non-hydrogen) atoms. The number of aryl methyl sites for hydroxylation is 1. The number of rotatable bonds is 10. The predicted octanol–water partition coefficient (Wildman–Crippen LogP) is 3.61. The highest BCUT2D eigenvalue weighted by Crippen LogP contribution is 2.29. The molecule has 0 spiro atoms. The van der Waals surface area contributed by atoms with Gasteiger partial charge in [0.2, 0.25) is 11.8 Å². The van der Waals surface area contributed by atoms with E-state index in [-0.39, 0.29) is 6.54 Å². The fourth-order valence-corrected chi connectivity index (χ4v) is 3.92. The number of hydrogen-bond acceptors (Lipinski definition) is 6. The highest BCUT2D eigenvalue weighted by Gasteiger charge is 2.37. The van der Waals surface area contributed by atoms with Gasteiger partial charge in [0, 0.05) is 12.2 Å². The molecule has 2 aromatic rings. The molecule has 0 aromatic heterocycles. The van der Waals surface area contributed by atoms with Gasteiger partial charge in [-0.25, -0.2) is 4.79 Å². The van der Waals surface area contributed by atoms with E-state index in [0.29, 0.717) is 17.0 Å². The number of methoxy groups -OCH3 is 1. The molecule has 4 N–H and O–H groups in total. The quantitative estimate of drug-likeness (QED) is 0.432. The zero-order valence-electron chi connectivity index (χ0n) is 23.1. The van der Waals surface area contributed by atoms with E-state index >= 15 is 0 Å². The van der Waals surface area contributed by atoms with Crippen molar-refractivity contribution in [2.24, 2.45) is 5.73 Å². The van der Waals surface area contributed by atoms with Gasteiger partial charge in [0.15, 0.2) is 0 Å². The highest BCUT2D eigenvalue weighted by atomic mass is 16.6. The predicted molar refractivity (Wildman–Crippen MR) is 145 cm³/mol. The third-order valence-electron chi connectivity index (χ3n) is 5.88. The van der Waals surface area contributed by atoms with E-state index in [9.17, 15) is 19.2 Å². The van der Waals surface area contributed by atoms with E-state index in [2.05, 4.69) is 10.6 Å². The van der Waals surface area contributed by atoms with Gasteiger partial charge in [-0.3, -0.25) is 14.4 Å². The van der Waals surface area contributed by atoms with E-state index in [1.165, 1.54) is 4.90 Å². The monoisotopic (exact) mass is 526 g/mol. The lowest BCUT2D eigenvalue weighted by molar-refractivity contribution is -0.141. The van der Waals surface area contributed by atoms with Crippen molar-refractivity contribution in [3.8, 4) is 5.75 Å². The Hall–Kier alpha value is -4.08. The minimum atomic E-state index is -1.33. The van der Waals surface area contributed by atoms with Gasteiger partial charge < -0.3 is 30.7 Å². The summed E-state index contributed by atoms with van der Waals surface area (Å²) in [5, 5.41) is 5.32. The van der Waals surface area contributed by atoms with Gasteiger partial charge in [0.1, 0.15) is 23.4 Å². The van der Waals surface area contributed by atoms with Crippen LogP contribution in [0, 0.1) is 13.8 Å². The van der Waals surface area contributed by atoms with Crippen molar-refractivity contribution in [3.05, 3.63) is 59.2 Å². The molecule has 0 bridgehead atoms. The van der Waals surface area contributed by atoms with Gasteiger partial charge in [-0.15, -0.1) is 0 Å². The van der Waals surface area contributed by atoms with E-state index in [0.717, 1.165) is 11.1 Å². The Morgan fingerprint density at radius 3 is 2.18 bits per heavy atom. The molecule has 0 aliphatic heterocycles. The molecule has 2 unspecified atom stereocenters. The summed E-state index contributed by atoms with van der Waals surface area (Å²) >= 11 is 0. The third kappa shape index (κ3) is 8.22. The number of ether oxygens (including phenoxy) is 2. The lowest BCUT2D eigenvalue weighted by atomic mass is 9.95. The number of anilines is 1. The van der Waals surface area contributed by atoms with Crippen molar-refractivity contribution in [2.75, 3.05) is 19.0 Å². The molecule has 0 aliphatic rings. The second-order valence-corrected chi connectivity index (χ2v) is 9.90. The van der Waals surface area contributed by atoms with E-state index in [1.807, 2.05) is 26.0 Å². The second-order valence-electron chi connectivity index (χ2n) is 9.90. The van der Waals surface area contributed by atoms with Crippen LogP contribution in [0.1, 0.15) is 56.8 Å². The van der Waals surface area contributed by atoms with Crippen molar-refractivity contribution in [2.45, 2.75) is 65.6 Å². The molecule has 206 valence electrons. The minimum absolute atomic E-state index is 0.109. The zero-order valence-corrected chi connectivity index (χ0v) is 23.1. The van der Waals surface area contributed by atoms with Crippen LogP contribution < -0.4 is 21.1 Å². The van der Waals surface area contributed by atoms with Crippen LogP contribution in [0.2, 0.25) is 0 Å². The largest absolute Gasteiger partial charge is 0.497 e. The highest BCUT2D eigenvalue weighted by molar-refractivity contribution is 6.00. The van der Waals surface area contributed by atoms with Gasteiger partial charge in [-0.05, 0) is 82.5 Å². The standard InChI is InChI=1S/C28H38N4O6/c1-8-32(26(35)22(16-23(29)33)31-27(36)38-28(4,5)6)24(21-11-9-10-17(2)18(21)3)25(34)30-19-12-14-20(37-7)15-13-19/h9-15,22,24H,8,16H2,1-7H3,(H2,29,33)(H,30,34)(H,31,36). The fraction of sp³-hybridized carbons (Fsp3) is 0.429. The number of nitrogens with two attached hydrogens (primary N) is 1. The lowest BCUT2D eigenvalue weighted by Crippen LogP contribution is -2.53. The van der Waals surface area contributed by atoms with Crippen molar-refractivity contribution in [3.63, 3.8) is 0 Å². The number of carbonyl (C=O) groups excluding carboxylic acids is 4. The molecule has 4 amide bonds. The van der Waals surface area contributed by atoms with Crippen LogP contribution >= 0.6 is 0 Å². The first-order valence-corrected chi connectivity index (χ1v) is 12.4. The molecule has 2 rings (SSSR count). The maximum Gasteiger partial charge on any atom is 0.408 e. The van der Waals surface area contributed by atoms with Gasteiger partial charge in [-0.1, -0.05) is 18.2 Å². The van der Waals surface area contributed by atoms with Gasteiger partial charge >= 0.3 is 6.09 Å². The Morgan fingerprint density at radius 2 is 1.66 bits per heavy atom. The second kappa shape index (κ2) is 12.9. The van der Waals surface area contributed by atoms with Crippen LogP contribution in [0.3, 0.4) is 0 Å². The summed E-state index contributed by atoms with van der Waals surface area (Å²) in [5.41, 5.74) is 7.47. The van der Waals surface area contributed by atoms with E-state index in [1.54, 1.807) is 65.1 Å². The van der Waals surface area contributed by atoms with Crippen LogP contribution in [0.25, 0.3) is 0 Å². The number of carbonyl (C=O) groups is 4. The molecule has 0 heterocycles. The number of amides is 4. The summed E-state index contributed by atoms with van der Waals surface area (Å²) in [7, 11) is 1.54. The Kier molecular flexibility index (Phi) is 10.3. The number of benzene rings is 2. The molecule has 0 fully saturated rings. The topological polar surface area (TPSA) is 140 Å². The van der Waals surface area contributed by atoms with E-state index < -0.39 is 47.9 Å². The summed E-state index contributed by atoms with van der Waals surface area (Å²) in [5.74, 6) is -1.27. The molecule has 0 saturated heterocycles. The Morgan fingerprint density at radius 1 is 1.03 bits per heavy atom. The first-order valence-electron chi connectivity index (χ1n) is 12.4. The average molecular weight is 527 g/mol. The number of likely N-dealkylation sites (N-methyl/N-ethyl adjacent to an activating group) is 1. The minimum Gasteiger partial charge on any atom is -0.497 e.